The van der Waals surface area contributed by atoms with Crippen molar-refractivity contribution in [2.24, 2.45) is 0 Å². The third-order valence-corrected chi connectivity index (χ3v) is 9.91. The molecule has 0 amide bonds. The summed E-state index contributed by atoms with van der Waals surface area (Å²) in [5.74, 6) is 0. The Bertz CT molecular complexity index is 2870. The summed E-state index contributed by atoms with van der Waals surface area (Å²) in [6.07, 6.45) is 0. The Morgan fingerprint density at radius 2 is 0.635 bits per heavy atom. The molecule has 238 valence electrons. The van der Waals surface area contributed by atoms with Crippen LogP contribution in [0.1, 0.15) is 22.3 Å². The van der Waals surface area contributed by atoms with Gasteiger partial charge in [-0.1, -0.05) is 109 Å². The third-order valence-electron chi connectivity index (χ3n) is 9.91. The lowest BCUT2D eigenvalue weighted by atomic mass is 9.84. The zero-order chi connectivity index (χ0) is 35.3. The number of fused-ring (bicyclic) bond motifs is 6. The Morgan fingerprint density at radius 3 is 0.981 bits per heavy atom. The largest absolute Gasteiger partial charge is 0.307 e. The van der Waals surface area contributed by atoms with E-state index in [4.69, 9.17) is 0 Å². The maximum Gasteiger partial charge on any atom is 0.102 e. The predicted octanol–water partition coefficient (Wildman–Crippen LogP) is 10.7. The van der Waals surface area contributed by atoms with Crippen molar-refractivity contribution in [3.8, 4) is 57.9 Å². The van der Waals surface area contributed by atoms with Gasteiger partial charge in [-0.05, 0) is 36.4 Å². The molecular formula is C46H24N6. The summed E-state index contributed by atoms with van der Waals surface area (Å²) in [6, 6.07) is 56.4. The van der Waals surface area contributed by atoms with E-state index in [1.54, 1.807) is 24.3 Å². The minimum atomic E-state index is 0.220. The fourth-order valence-electron chi connectivity index (χ4n) is 7.84. The van der Waals surface area contributed by atoms with Crippen LogP contribution in [-0.2, 0) is 0 Å². The molecule has 9 aromatic rings. The lowest BCUT2D eigenvalue weighted by molar-refractivity contribution is 1.12. The van der Waals surface area contributed by atoms with E-state index in [1.807, 2.05) is 97.1 Å². The van der Waals surface area contributed by atoms with Gasteiger partial charge in [0.05, 0.1) is 67.8 Å². The Kier molecular flexibility index (Phi) is 6.91. The molecule has 0 aliphatic carbocycles. The zero-order valence-corrected chi connectivity index (χ0v) is 27.5. The molecule has 0 saturated heterocycles. The second-order valence-electron chi connectivity index (χ2n) is 12.5. The highest BCUT2D eigenvalue weighted by molar-refractivity contribution is 6.13. The normalized spacial score (nSPS) is 11.0. The van der Waals surface area contributed by atoms with Gasteiger partial charge in [0.15, 0.2) is 0 Å². The van der Waals surface area contributed by atoms with Gasteiger partial charge in [0.1, 0.15) is 12.1 Å². The van der Waals surface area contributed by atoms with E-state index in [0.29, 0.717) is 44.8 Å². The van der Waals surface area contributed by atoms with E-state index in [9.17, 15) is 21.0 Å². The molecule has 0 spiro atoms. The number of nitriles is 4. The average Bonchev–Trinajstić information content (AvgIpc) is 3.72. The Hall–Kier alpha value is -7.90. The van der Waals surface area contributed by atoms with Crippen molar-refractivity contribution in [2.75, 3.05) is 0 Å². The number of aromatic nitrogens is 2. The van der Waals surface area contributed by atoms with Gasteiger partial charge in [-0.3, -0.25) is 0 Å². The molecule has 9 rings (SSSR count). The lowest BCUT2D eigenvalue weighted by Gasteiger charge is -2.26. The van der Waals surface area contributed by atoms with E-state index in [-0.39, 0.29) is 11.1 Å². The summed E-state index contributed by atoms with van der Waals surface area (Å²) < 4.78 is 4.17. The molecule has 6 nitrogen and oxygen atoms in total. The molecule has 0 bridgehead atoms. The molecule has 0 fully saturated rings. The average molecular weight is 661 g/mol. The van der Waals surface area contributed by atoms with Gasteiger partial charge in [0.25, 0.3) is 0 Å². The van der Waals surface area contributed by atoms with Crippen LogP contribution >= 0.6 is 0 Å². The fraction of sp³-hybridized carbons (Fsp3) is 0. The Labute approximate surface area is 298 Å². The summed E-state index contributed by atoms with van der Waals surface area (Å²) >= 11 is 0. The maximum atomic E-state index is 11.4. The van der Waals surface area contributed by atoms with E-state index in [1.165, 1.54) is 0 Å². The van der Waals surface area contributed by atoms with Crippen LogP contribution < -0.4 is 0 Å². The first-order valence-corrected chi connectivity index (χ1v) is 16.7. The van der Waals surface area contributed by atoms with E-state index in [2.05, 4.69) is 57.7 Å². The van der Waals surface area contributed by atoms with Crippen molar-refractivity contribution >= 4 is 43.6 Å². The first kappa shape index (κ1) is 30.2. The summed E-state index contributed by atoms with van der Waals surface area (Å²) in [4.78, 5) is 0. The molecule has 0 aliphatic heterocycles. The number of hydrogen-bond acceptors (Lipinski definition) is 4. The molecule has 7 aromatic carbocycles. The number of para-hydroxylation sites is 4. The third kappa shape index (κ3) is 4.20. The molecule has 0 unspecified atom stereocenters. The van der Waals surface area contributed by atoms with Crippen molar-refractivity contribution in [3.05, 3.63) is 168 Å². The minimum Gasteiger partial charge on any atom is -0.307 e. The Balaban J connectivity index is 1.66. The highest BCUT2D eigenvalue weighted by Gasteiger charge is 2.32. The standard InChI is InChI=1S/C46H24N6/c47-25-29-13-1-3-15-31(29)43-37(27-49)45(51-39-21-9-5-17-33(39)34-18-6-10-22-40(34)51)44(32-16-4-2-14-30(32)26-48)46(38(43)28-50)52-41-23-11-7-19-35(41)36-20-8-12-24-42(36)52/h1-24H. The Morgan fingerprint density at radius 1 is 0.327 bits per heavy atom. The van der Waals surface area contributed by atoms with Crippen LogP contribution in [0.25, 0.3) is 77.2 Å². The van der Waals surface area contributed by atoms with Crippen LogP contribution in [0, 0.1) is 45.3 Å². The molecule has 0 N–H and O–H groups in total. The van der Waals surface area contributed by atoms with E-state index >= 15 is 0 Å². The van der Waals surface area contributed by atoms with Crippen LogP contribution in [0.15, 0.2) is 146 Å². The monoisotopic (exact) mass is 660 g/mol. The van der Waals surface area contributed by atoms with Crippen LogP contribution in [0.2, 0.25) is 0 Å². The zero-order valence-electron chi connectivity index (χ0n) is 27.5. The van der Waals surface area contributed by atoms with Gasteiger partial charge in [0.2, 0.25) is 0 Å². The van der Waals surface area contributed by atoms with Crippen LogP contribution in [0.3, 0.4) is 0 Å². The van der Waals surface area contributed by atoms with Gasteiger partial charge in [-0.15, -0.1) is 0 Å². The predicted molar refractivity (Wildman–Crippen MR) is 205 cm³/mol. The SMILES string of the molecule is N#Cc1ccccc1-c1c(C#N)c(-n2c3ccccc3c3ccccc32)c(-c2ccccc2C#N)c(-n2c3ccccc3c3ccccc32)c1C#N. The second kappa shape index (κ2) is 11.9. The molecule has 0 radical (unpaired) electrons. The number of nitrogens with zero attached hydrogens (tertiary/aromatic N) is 6. The van der Waals surface area contributed by atoms with Crippen molar-refractivity contribution in [3.63, 3.8) is 0 Å². The topological polar surface area (TPSA) is 105 Å². The quantitative estimate of drug-likeness (QED) is 0.187. The summed E-state index contributed by atoms with van der Waals surface area (Å²) in [5.41, 5.74) is 7.58. The first-order valence-electron chi connectivity index (χ1n) is 16.7. The van der Waals surface area contributed by atoms with E-state index < -0.39 is 0 Å². The van der Waals surface area contributed by atoms with E-state index in [0.717, 1.165) is 43.6 Å². The summed E-state index contributed by atoms with van der Waals surface area (Å²) in [7, 11) is 0. The van der Waals surface area contributed by atoms with Crippen LogP contribution in [-0.4, -0.2) is 9.13 Å². The van der Waals surface area contributed by atoms with Gasteiger partial charge < -0.3 is 9.13 Å². The minimum absolute atomic E-state index is 0.220. The smallest absolute Gasteiger partial charge is 0.102 e. The van der Waals surface area contributed by atoms with Gasteiger partial charge in [0, 0.05) is 43.8 Å². The van der Waals surface area contributed by atoms with Gasteiger partial charge in [-0.2, -0.15) is 21.0 Å². The molecule has 2 heterocycles. The van der Waals surface area contributed by atoms with Gasteiger partial charge >= 0.3 is 0 Å². The second-order valence-corrected chi connectivity index (χ2v) is 12.5. The molecule has 6 heteroatoms. The van der Waals surface area contributed by atoms with Crippen molar-refractivity contribution < 1.29 is 0 Å². The summed E-state index contributed by atoms with van der Waals surface area (Å²) in [6.45, 7) is 0. The number of hydrogen-bond donors (Lipinski definition) is 0. The number of rotatable bonds is 4. The van der Waals surface area contributed by atoms with Gasteiger partial charge in [-0.25, -0.2) is 0 Å². The molecule has 0 atom stereocenters. The molecular weight excluding hydrogens is 637 g/mol. The van der Waals surface area contributed by atoms with Crippen molar-refractivity contribution in [1.29, 1.82) is 21.0 Å². The molecule has 52 heavy (non-hydrogen) atoms. The van der Waals surface area contributed by atoms with Crippen molar-refractivity contribution in [2.45, 2.75) is 0 Å². The fourth-order valence-corrected chi connectivity index (χ4v) is 7.84. The molecule has 0 saturated carbocycles. The highest BCUT2D eigenvalue weighted by Crippen LogP contribution is 2.49. The molecule has 0 aliphatic rings. The van der Waals surface area contributed by atoms with Crippen LogP contribution in [0.5, 0.6) is 0 Å². The number of benzene rings is 7. The molecule has 2 aromatic heterocycles. The van der Waals surface area contributed by atoms with Crippen LogP contribution in [0.4, 0.5) is 0 Å². The highest BCUT2D eigenvalue weighted by atomic mass is 15.0. The lowest BCUT2D eigenvalue weighted by Crippen LogP contribution is -2.12. The van der Waals surface area contributed by atoms with Crippen molar-refractivity contribution in [1.82, 2.24) is 9.13 Å². The first-order chi connectivity index (χ1) is 25.7. The maximum absolute atomic E-state index is 11.4. The summed E-state index contributed by atoms with van der Waals surface area (Å²) in [5, 5.41) is 47.9.